The van der Waals surface area contributed by atoms with Crippen LogP contribution in [0, 0.1) is 6.92 Å². The van der Waals surface area contributed by atoms with Crippen molar-refractivity contribution in [2.75, 3.05) is 13.2 Å². The highest BCUT2D eigenvalue weighted by Gasteiger charge is 2.16. The Balaban J connectivity index is 1.88. The molecule has 21 heavy (non-hydrogen) atoms. The number of nitrogens with one attached hydrogen (secondary N) is 2. The maximum atomic E-state index is 12.0. The zero-order valence-electron chi connectivity index (χ0n) is 11.4. The first-order valence-electron chi connectivity index (χ1n) is 6.70. The summed E-state index contributed by atoms with van der Waals surface area (Å²) in [4.78, 5) is 22.7. The largest absolute Gasteiger partial charge is 0.486 e. The predicted molar refractivity (Wildman–Crippen MR) is 77.9 cm³/mol. The quantitative estimate of drug-likeness (QED) is 0.716. The second-order valence-electron chi connectivity index (χ2n) is 4.99. The number of benzene rings is 1. The fraction of sp³-hybridized carbons (Fsp3) is 0.200. The summed E-state index contributed by atoms with van der Waals surface area (Å²) >= 11 is 0. The highest BCUT2D eigenvalue weighted by Crippen LogP contribution is 2.34. The average molecular weight is 283 g/mol. The van der Waals surface area contributed by atoms with Crippen LogP contribution in [0.4, 0.5) is 0 Å². The lowest BCUT2D eigenvalue weighted by molar-refractivity contribution is 0.172. The molecule has 1 aromatic carbocycles. The van der Waals surface area contributed by atoms with Crippen molar-refractivity contribution >= 4 is 11.0 Å². The third kappa shape index (κ3) is 1.96. The molecule has 106 valence electrons. The second kappa shape index (κ2) is 4.37. The Kier molecular flexibility index (Phi) is 2.50. The van der Waals surface area contributed by atoms with Crippen LogP contribution in [0.5, 0.6) is 11.5 Å². The summed E-state index contributed by atoms with van der Waals surface area (Å²) in [6.07, 6.45) is 1.67. The molecular weight excluding hydrogens is 270 g/mol. The zero-order valence-corrected chi connectivity index (χ0v) is 11.4. The molecule has 0 radical (unpaired) electrons. The Hall–Kier alpha value is -2.76. The molecule has 0 spiro atoms. The van der Waals surface area contributed by atoms with E-state index in [0.29, 0.717) is 36.1 Å². The highest BCUT2D eigenvalue weighted by molar-refractivity contribution is 5.83. The van der Waals surface area contributed by atoms with E-state index in [1.54, 1.807) is 12.3 Å². The monoisotopic (exact) mass is 283 g/mol. The van der Waals surface area contributed by atoms with Gasteiger partial charge in [0.15, 0.2) is 16.9 Å². The van der Waals surface area contributed by atoms with E-state index in [2.05, 4.69) is 15.0 Å². The fourth-order valence-corrected chi connectivity index (χ4v) is 2.43. The SMILES string of the molecule is Cc1cc(=O)c(-c2nc3cc4c(cc3[nH]2)OCCO4)c[nH]1. The van der Waals surface area contributed by atoms with Crippen LogP contribution in [-0.4, -0.2) is 28.2 Å². The van der Waals surface area contributed by atoms with Gasteiger partial charge < -0.3 is 19.4 Å². The second-order valence-corrected chi connectivity index (χ2v) is 4.99. The molecule has 0 unspecified atom stereocenters. The number of imidazole rings is 1. The molecule has 4 rings (SSSR count). The van der Waals surface area contributed by atoms with Gasteiger partial charge in [0, 0.05) is 30.1 Å². The standard InChI is InChI=1S/C15H13N3O3/c1-8-4-12(19)9(7-16-8)15-17-10-5-13-14(6-11(10)18-15)21-3-2-20-13/h4-7H,2-3H2,1H3,(H,16,19)(H,17,18). The molecule has 0 amide bonds. The molecule has 0 bridgehead atoms. The van der Waals surface area contributed by atoms with Crippen LogP contribution in [0.3, 0.4) is 0 Å². The highest BCUT2D eigenvalue weighted by atomic mass is 16.6. The summed E-state index contributed by atoms with van der Waals surface area (Å²) in [5, 5.41) is 0. The maximum Gasteiger partial charge on any atom is 0.192 e. The first-order chi connectivity index (χ1) is 10.2. The van der Waals surface area contributed by atoms with Crippen LogP contribution in [0.1, 0.15) is 5.69 Å². The molecule has 0 fully saturated rings. The lowest BCUT2D eigenvalue weighted by Crippen LogP contribution is -2.15. The molecule has 3 heterocycles. The molecule has 0 atom stereocenters. The third-order valence-corrected chi connectivity index (χ3v) is 3.46. The first kappa shape index (κ1) is 12.0. The molecule has 0 aliphatic carbocycles. The van der Waals surface area contributed by atoms with Crippen LogP contribution >= 0.6 is 0 Å². The van der Waals surface area contributed by atoms with Gasteiger partial charge in [0.1, 0.15) is 19.0 Å². The van der Waals surface area contributed by atoms with Gasteiger partial charge in [-0.05, 0) is 6.92 Å². The van der Waals surface area contributed by atoms with Gasteiger partial charge in [0.2, 0.25) is 0 Å². The summed E-state index contributed by atoms with van der Waals surface area (Å²) < 4.78 is 11.1. The van der Waals surface area contributed by atoms with Gasteiger partial charge in [0.25, 0.3) is 0 Å². The van der Waals surface area contributed by atoms with Crippen molar-refractivity contribution in [1.82, 2.24) is 15.0 Å². The average Bonchev–Trinajstić information content (AvgIpc) is 2.87. The van der Waals surface area contributed by atoms with E-state index in [9.17, 15) is 4.79 Å². The Morgan fingerprint density at radius 1 is 1.14 bits per heavy atom. The van der Waals surface area contributed by atoms with E-state index in [1.165, 1.54) is 0 Å². The van der Waals surface area contributed by atoms with E-state index >= 15 is 0 Å². The van der Waals surface area contributed by atoms with E-state index < -0.39 is 0 Å². The number of ether oxygens (including phenoxy) is 2. The van der Waals surface area contributed by atoms with Gasteiger partial charge in [0.05, 0.1) is 16.6 Å². The van der Waals surface area contributed by atoms with E-state index in [1.807, 2.05) is 19.1 Å². The van der Waals surface area contributed by atoms with E-state index in [0.717, 1.165) is 16.7 Å². The van der Waals surface area contributed by atoms with Crippen LogP contribution in [0.25, 0.3) is 22.4 Å². The van der Waals surface area contributed by atoms with Gasteiger partial charge in [-0.3, -0.25) is 4.79 Å². The molecule has 0 saturated heterocycles. The number of hydrogen-bond donors (Lipinski definition) is 2. The molecule has 0 saturated carbocycles. The maximum absolute atomic E-state index is 12.0. The fourth-order valence-electron chi connectivity index (χ4n) is 2.43. The van der Waals surface area contributed by atoms with Gasteiger partial charge in [-0.1, -0.05) is 0 Å². The van der Waals surface area contributed by atoms with Gasteiger partial charge >= 0.3 is 0 Å². The Morgan fingerprint density at radius 2 is 1.90 bits per heavy atom. The number of nitrogens with zero attached hydrogens (tertiary/aromatic N) is 1. The Bertz CT molecular complexity index is 852. The van der Waals surface area contributed by atoms with Crippen molar-refractivity contribution in [3.05, 3.63) is 40.3 Å². The van der Waals surface area contributed by atoms with Crippen LogP contribution in [-0.2, 0) is 0 Å². The molecule has 1 aliphatic rings. The minimum absolute atomic E-state index is 0.0671. The molecule has 2 aromatic heterocycles. The molecule has 6 nitrogen and oxygen atoms in total. The van der Waals surface area contributed by atoms with Crippen molar-refractivity contribution < 1.29 is 9.47 Å². The predicted octanol–water partition coefficient (Wildman–Crippen LogP) is 2.00. The summed E-state index contributed by atoms with van der Waals surface area (Å²) in [6, 6.07) is 5.23. The van der Waals surface area contributed by atoms with Crippen molar-refractivity contribution in [3.63, 3.8) is 0 Å². The third-order valence-electron chi connectivity index (χ3n) is 3.46. The van der Waals surface area contributed by atoms with Crippen molar-refractivity contribution in [1.29, 1.82) is 0 Å². The zero-order chi connectivity index (χ0) is 14.4. The van der Waals surface area contributed by atoms with Gasteiger partial charge in [-0.15, -0.1) is 0 Å². The van der Waals surface area contributed by atoms with Crippen molar-refractivity contribution in [3.8, 4) is 22.9 Å². The smallest absolute Gasteiger partial charge is 0.192 e. The number of H-pyrrole nitrogens is 2. The van der Waals surface area contributed by atoms with Crippen LogP contribution in [0.15, 0.2) is 29.2 Å². The van der Waals surface area contributed by atoms with Crippen LogP contribution in [0.2, 0.25) is 0 Å². The molecular formula is C15H13N3O3. The Morgan fingerprint density at radius 3 is 2.67 bits per heavy atom. The number of rotatable bonds is 1. The minimum Gasteiger partial charge on any atom is -0.486 e. The number of aromatic nitrogens is 3. The van der Waals surface area contributed by atoms with E-state index in [-0.39, 0.29) is 5.43 Å². The van der Waals surface area contributed by atoms with Crippen molar-refractivity contribution in [2.24, 2.45) is 0 Å². The first-order valence-corrected chi connectivity index (χ1v) is 6.70. The lowest BCUT2D eigenvalue weighted by atomic mass is 10.2. The molecule has 6 heteroatoms. The number of pyridine rings is 1. The van der Waals surface area contributed by atoms with Crippen molar-refractivity contribution in [2.45, 2.75) is 6.92 Å². The minimum atomic E-state index is -0.0671. The molecule has 3 aromatic rings. The molecule has 2 N–H and O–H groups in total. The number of aryl methyl sites for hydroxylation is 1. The summed E-state index contributed by atoms with van der Waals surface area (Å²) in [6.45, 7) is 2.91. The summed E-state index contributed by atoms with van der Waals surface area (Å²) in [5.74, 6) is 1.92. The number of hydrogen-bond acceptors (Lipinski definition) is 4. The number of aromatic amines is 2. The Labute approximate surface area is 119 Å². The van der Waals surface area contributed by atoms with E-state index in [4.69, 9.17) is 9.47 Å². The van der Waals surface area contributed by atoms with Gasteiger partial charge in [-0.2, -0.15) is 0 Å². The van der Waals surface area contributed by atoms with Crippen LogP contribution < -0.4 is 14.9 Å². The summed E-state index contributed by atoms with van der Waals surface area (Å²) in [5.41, 5.74) is 2.82. The topological polar surface area (TPSA) is 80.0 Å². The normalized spacial score (nSPS) is 13.6. The van der Waals surface area contributed by atoms with Gasteiger partial charge in [-0.25, -0.2) is 4.98 Å². The lowest BCUT2D eigenvalue weighted by Gasteiger charge is -2.17. The molecule has 1 aliphatic heterocycles. The number of fused-ring (bicyclic) bond motifs is 2. The summed E-state index contributed by atoms with van der Waals surface area (Å²) in [7, 11) is 0.